The third-order valence-corrected chi connectivity index (χ3v) is 2.27. The van der Waals surface area contributed by atoms with Gasteiger partial charge in [-0.2, -0.15) is 5.26 Å². The minimum absolute atomic E-state index is 0.118. The Labute approximate surface area is 89.7 Å². The maximum absolute atomic E-state index is 11.1. The van der Waals surface area contributed by atoms with Crippen LogP contribution < -0.4 is 5.73 Å². The Morgan fingerprint density at radius 1 is 1.62 bits per heavy atom. The van der Waals surface area contributed by atoms with Gasteiger partial charge in [-0.3, -0.25) is 4.79 Å². The summed E-state index contributed by atoms with van der Waals surface area (Å²) in [6, 6.07) is 5.28. The van der Waals surface area contributed by atoms with Gasteiger partial charge in [-0.05, 0) is 41.6 Å². The second kappa shape index (κ2) is 3.75. The number of hydrogen-bond donors (Lipinski definition) is 1. The highest BCUT2D eigenvalue weighted by molar-refractivity contribution is 14.1. The van der Waals surface area contributed by atoms with E-state index in [4.69, 9.17) is 11.0 Å². The fourth-order valence-corrected chi connectivity index (χ4v) is 1.62. The molecule has 0 fully saturated rings. The molecule has 0 aliphatic carbocycles. The summed E-state index contributed by atoms with van der Waals surface area (Å²) in [4.78, 5) is 11.1. The summed E-state index contributed by atoms with van der Waals surface area (Å²) in [5.41, 5.74) is 6.67. The van der Waals surface area contributed by atoms with Crippen molar-refractivity contribution in [3.63, 3.8) is 0 Å². The predicted octanol–water partition coefficient (Wildman–Crippen LogP) is 1.95. The molecule has 3 nitrogen and oxygen atoms in total. The molecule has 0 aliphatic rings. The Bertz CT molecular complexity index is 407. The number of nitrogens with zero attached hydrogens (tertiary/aromatic N) is 1. The molecule has 1 rings (SSSR count). The molecule has 4 heteroatoms. The molecular formula is C9H7IN2O. The predicted molar refractivity (Wildman–Crippen MR) is 58.3 cm³/mol. The minimum atomic E-state index is -0.118. The standard InChI is InChI=1S/C9H7IN2O/c1-5(13)8-3-7(10)2-6(4-11)9(8)12/h2-3H,12H2,1H3. The molecular weight excluding hydrogens is 279 g/mol. The molecule has 0 bridgehead atoms. The lowest BCUT2D eigenvalue weighted by Gasteiger charge is -2.04. The van der Waals surface area contributed by atoms with Gasteiger partial charge in [0.15, 0.2) is 5.78 Å². The molecule has 1 aromatic rings. The lowest BCUT2D eigenvalue weighted by atomic mass is 10.1. The van der Waals surface area contributed by atoms with Crippen LogP contribution in [0.5, 0.6) is 0 Å². The van der Waals surface area contributed by atoms with Crippen LogP contribution in [-0.4, -0.2) is 5.78 Å². The molecule has 13 heavy (non-hydrogen) atoms. The van der Waals surface area contributed by atoms with Crippen LogP contribution in [0.4, 0.5) is 5.69 Å². The fourth-order valence-electron chi connectivity index (χ4n) is 1.00. The lowest BCUT2D eigenvalue weighted by molar-refractivity contribution is 0.101. The van der Waals surface area contributed by atoms with Crippen molar-refractivity contribution in [3.8, 4) is 6.07 Å². The van der Waals surface area contributed by atoms with E-state index in [1.165, 1.54) is 6.92 Å². The minimum Gasteiger partial charge on any atom is -0.397 e. The average Bonchev–Trinajstić information content (AvgIpc) is 2.08. The van der Waals surface area contributed by atoms with E-state index in [1.807, 2.05) is 28.7 Å². The van der Waals surface area contributed by atoms with Crippen LogP contribution >= 0.6 is 22.6 Å². The first kappa shape index (κ1) is 9.99. The zero-order valence-electron chi connectivity index (χ0n) is 6.97. The van der Waals surface area contributed by atoms with Crippen LogP contribution in [0.25, 0.3) is 0 Å². The number of ketones is 1. The molecule has 0 spiro atoms. The molecule has 0 heterocycles. The second-order valence-corrected chi connectivity index (χ2v) is 3.83. The number of rotatable bonds is 1. The van der Waals surface area contributed by atoms with E-state index in [0.29, 0.717) is 11.1 Å². The molecule has 0 aromatic heterocycles. The molecule has 66 valence electrons. The molecule has 0 radical (unpaired) electrons. The number of nitrogens with two attached hydrogens (primary N) is 1. The van der Waals surface area contributed by atoms with Crippen molar-refractivity contribution in [1.29, 1.82) is 5.26 Å². The lowest BCUT2D eigenvalue weighted by Crippen LogP contribution is -2.02. The van der Waals surface area contributed by atoms with Crippen LogP contribution in [0.3, 0.4) is 0 Å². The Morgan fingerprint density at radius 2 is 2.23 bits per heavy atom. The van der Waals surface area contributed by atoms with Crippen LogP contribution in [-0.2, 0) is 0 Å². The van der Waals surface area contributed by atoms with Gasteiger partial charge in [0.1, 0.15) is 6.07 Å². The van der Waals surface area contributed by atoms with Crippen molar-refractivity contribution in [2.45, 2.75) is 6.92 Å². The second-order valence-electron chi connectivity index (χ2n) is 2.58. The van der Waals surface area contributed by atoms with Gasteiger partial charge in [0.2, 0.25) is 0 Å². The van der Waals surface area contributed by atoms with Crippen molar-refractivity contribution in [2.75, 3.05) is 5.73 Å². The van der Waals surface area contributed by atoms with Crippen molar-refractivity contribution in [1.82, 2.24) is 0 Å². The van der Waals surface area contributed by atoms with Gasteiger partial charge in [0.25, 0.3) is 0 Å². The highest BCUT2D eigenvalue weighted by atomic mass is 127. The smallest absolute Gasteiger partial charge is 0.161 e. The van der Waals surface area contributed by atoms with Gasteiger partial charge in [0.05, 0.1) is 11.3 Å². The average molecular weight is 286 g/mol. The fraction of sp³-hybridized carbons (Fsp3) is 0.111. The maximum Gasteiger partial charge on any atom is 0.161 e. The van der Waals surface area contributed by atoms with Crippen LogP contribution in [0, 0.1) is 14.9 Å². The number of Topliss-reactive ketones (excluding diaryl/α,β-unsaturated/α-hetero) is 1. The number of halogens is 1. The van der Waals surface area contributed by atoms with E-state index in [-0.39, 0.29) is 11.5 Å². The van der Waals surface area contributed by atoms with Gasteiger partial charge >= 0.3 is 0 Å². The summed E-state index contributed by atoms with van der Waals surface area (Å²) in [7, 11) is 0. The van der Waals surface area contributed by atoms with Crippen molar-refractivity contribution >= 4 is 34.1 Å². The molecule has 0 saturated heterocycles. The van der Waals surface area contributed by atoms with Gasteiger partial charge < -0.3 is 5.73 Å². The summed E-state index contributed by atoms with van der Waals surface area (Å²) in [6.07, 6.45) is 0. The van der Waals surface area contributed by atoms with Crippen LogP contribution in [0.1, 0.15) is 22.8 Å². The first-order chi connectivity index (χ1) is 6.06. The van der Waals surface area contributed by atoms with Crippen molar-refractivity contribution in [3.05, 3.63) is 26.8 Å². The van der Waals surface area contributed by atoms with E-state index < -0.39 is 0 Å². The highest BCUT2D eigenvalue weighted by Crippen LogP contribution is 2.21. The number of nitriles is 1. The molecule has 0 amide bonds. The summed E-state index contributed by atoms with van der Waals surface area (Å²) in [5.74, 6) is -0.118. The topological polar surface area (TPSA) is 66.9 Å². The van der Waals surface area contributed by atoms with E-state index in [9.17, 15) is 4.79 Å². The zero-order valence-corrected chi connectivity index (χ0v) is 9.12. The Morgan fingerprint density at radius 3 is 2.69 bits per heavy atom. The normalized spacial score (nSPS) is 9.31. The van der Waals surface area contributed by atoms with Gasteiger partial charge in [0, 0.05) is 9.13 Å². The number of hydrogen-bond acceptors (Lipinski definition) is 3. The van der Waals surface area contributed by atoms with Gasteiger partial charge in [-0.15, -0.1) is 0 Å². The molecule has 0 saturated carbocycles. The van der Waals surface area contributed by atoms with Crippen molar-refractivity contribution < 1.29 is 4.79 Å². The largest absolute Gasteiger partial charge is 0.397 e. The monoisotopic (exact) mass is 286 g/mol. The van der Waals surface area contributed by atoms with Gasteiger partial charge in [-0.25, -0.2) is 0 Å². The number of carbonyl (C=O) groups excluding carboxylic acids is 1. The first-order valence-electron chi connectivity index (χ1n) is 3.56. The summed E-state index contributed by atoms with van der Waals surface area (Å²) in [5, 5.41) is 8.70. The SMILES string of the molecule is CC(=O)c1cc(I)cc(C#N)c1N. The van der Waals surface area contributed by atoms with E-state index in [0.717, 1.165) is 3.57 Å². The summed E-state index contributed by atoms with van der Waals surface area (Å²) in [6.45, 7) is 1.43. The quantitative estimate of drug-likeness (QED) is 0.487. The van der Waals surface area contributed by atoms with E-state index in [1.54, 1.807) is 12.1 Å². The summed E-state index contributed by atoms with van der Waals surface area (Å²) >= 11 is 2.05. The molecule has 0 atom stereocenters. The Kier molecular flexibility index (Phi) is 2.88. The number of anilines is 1. The van der Waals surface area contributed by atoms with E-state index in [2.05, 4.69) is 0 Å². The van der Waals surface area contributed by atoms with Crippen molar-refractivity contribution in [2.24, 2.45) is 0 Å². The number of carbonyl (C=O) groups is 1. The Balaban J connectivity index is 3.47. The van der Waals surface area contributed by atoms with E-state index >= 15 is 0 Å². The third-order valence-electron chi connectivity index (χ3n) is 1.64. The Hall–Kier alpha value is -1.09. The molecule has 0 aliphatic heterocycles. The maximum atomic E-state index is 11.1. The summed E-state index contributed by atoms with van der Waals surface area (Å²) < 4.78 is 0.841. The number of nitrogen functional groups attached to an aromatic ring is 1. The number of benzene rings is 1. The van der Waals surface area contributed by atoms with Crippen LogP contribution in [0.15, 0.2) is 12.1 Å². The molecule has 2 N–H and O–H groups in total. The third kappa shape index (κ3) is 1.98. The highest BCUT2D eigenvalue weighted by Gasteiger charge is 2.09. The molecule has 1 aromatic carbocycles. The zero-order chi connectivity index (χ0) is 10.0. The van der Waals surface area contributed by atoms with Crippen LogP contribution in [0.2, 0.25) is 0 Å². The van der Waals surface area contributed by atoms with Gasteiger partial charge in [-0.1, -0.05) is 0 Å². The first-order valence-corrected chi connectivity index (χ1v) is 4.64. The molecule has 0 unspecified atom stereocenters.